The Morgan fingerprint density at radius 2 is 1.93 bits per heavy atom. The number of nitrogens with zero attached hydrogens (tertiary/aromatic N) is 3. The summed E-state index contributed by atoms with van der Waals surface area (Å²) in [7, 11) is 1.93. The molecule has 2 aromatic rings. The van der Waals surface area contributed by atoms with E-state index in [2.05, 4.69) is 45.1 Å². The molecule has 0 radical (unpaired) electrons. The predicted molar refractivity (Wildman–Crippen MR) is 108 cm³/mol. The summed E-state index contributed by atoms with van der Waals surface area (Å²) in [4.78, 5) is 19.5. The maximum absolute atomic E-state index is 12.6. The average Bonchev–Trinajstić information content (AvgIpc) is 3.13. The summed E-state index contributed by atoms with van der Waals surface area (Å²) in [5.41, 5.74) is 3.19. The largest absolute Gasteiger partial charge is 0.335 e. The van der Waals surface area contributed by atoms with Crippen LogP contribution in [0.3, 0.4) is 0 Å². The second-order valence-corrected chi connectivity index (χ2v) is 7.67. The molecule has 0 unspecified atom stereocenters. The van der Waals surface area contributed by atoms with E-state index in [0.29, 0.717) is 6.04 Å². The smallest absolute Gasteiger partial charge is 0.227 e. The van der Waals surface area contributed by atoms with Crippen LogP contribution in [-0.4, -0.2) is 40.5 Å². The number of nitrogens with one attached hydrogen (secondary N) is 2. The quantitative estimate of drug-likeness (QED) is 0.787. The van der Waals surface area contributed by atoms with Crippen molar-refractivity contribution in [2.24, 2.45) is 5.92 Å². The molecule has 0 spiro atoms. The number of benzene rings is 1. The first-order valence-electron chi connectivity index (χ1n) is 9.84. The van der Waals surface area contributed by atoms with Gasteiger partial charge >= 0.3 is 0 Å². The topological polar surface area (TPSA) is 62.2 Å². The first-order valence-corrected chi connectivity index (χ1v) is 9.84. The summed E-state index contributed by atoms with van der Waals surface area (Å²) >= 11 is 0. The zero-order chi connectivity index (χ0) is 19.2. The van der Waals surface area contributed by atoms with Gasteiger partial charge in [0.15, 0.2) is 0 Å². The Bertz CT molecular complexity index is 729. The van der Waals surface area contributed by atoms with E-state index in [1.54, 1.807) is 0 Å². The normalized spacial score (nSPS) is 16.0. The maximum atomic E-state index is 12.6. The molecular formula is C21H31N5O. The number of carbonyl (C=O) groups excluding carboxylic acids is 1. The van der Waals surface area contributed by atoms with Gasteiger partial charge in [-0.3, -0.25) is 9.69 Å². The first-order chi connectivity index (χ1) is 13.0. The third kappa shape index (κ3) is 5.40. The lowest BCUT2D eigenvalue weighted by Gasteiger charge is -2.30. The van der Waals surface area contributed by atoms with Gasteiger partial charge in [0.25, 0.3) is 0 Å². The van der Waals surface area contributed by atoms with Crippen molar-refractivity contribution in [1.82, 2.24) is 19.8 Å². The number of likely N-dealkylation sites (tertiary alicyclic amines) is 1. The monoisotopic (exact) mass is 369 g/mol. The van der Waals surface area contributed by atoms with Gasteiger partial charge in [-0.25, -0.2) is 4.98 Å². The molecule has 3 rings (SSSR count). The Morgan fingerprint density at radius 3 is 2.52 bits per heavy atom. The second-order valence-electron chi connectivity index (χ2n) is 7.67. The highest BCUT2D eigenvalue weighted by Gasteiger charge is 2.25. The van der Waals surface area contributed by atoms with Gasteiger partial charge in [-0.05, 0) is 64.5 Å². The van der Waals surface area contributed by atoms with E-state index in [4.69, 9.17) is 0 Å². The highest BCUT2D eigenvalue weighted by molar-refractivity contribution is 5.92. The molecule has 1 aromatic carbocycles. The summed E-state index contributed by atoms with van der Waals surface area (Å²) in [6, 6.07) is 8.49. The number of piperidine rings is 1. The minimum absolute atomic E-state index is 0.0893. The van der Waals surface area contributed by atoms with Crippen molar-refractivity contribution in [2.75, 3.05) is 25.5 Å². The number of hydrogen-bond donors (Lipinski definition) is 2. The van der Waals surface area contributed by atoms with Crippen LogP contribution in [0.15, 0.2) is 36.8 Å². The second kappa shape index (κ2) is 9.15. The van der Waals surface area contributed by atoms with Crippen LogP contribution in [0.5, 0.6) is 0 Å². The number of aromatic nitrogens is 2. The Morgan fingerprint density at radius 1 is 1.22 bits per heavy atom. The molecule has 1 aliphatic heterocycles. The molecule has 0 saturated carbocycles. The molecule has 27 heavy (non-hydrogen) atoms. The molecule has 0 bridgehead atoms. The van der Waals surface area contributed by atoms with E-state index in [-0.39, 0.29) is 11.8 Å². The van der Waals surface area contributed by atoms with Crippen molar-refractivity contribution in [3.05, 3.63) is 48.0 Å². The van der Waals surface area contributed by atoms with Gasteiger partial charge < -0.3 is 15.2 Å². The fraction of sp³-hybridized carbons (Fsp3) is 0.524. The molecule has 0 atom stereocenters. The van der Waals surface area contributed by atoms with E-state index in [9.17, 15) is 4.79 Å². The lowest BCUT2D eigenvalue weighted by molar-refractivity contribution is -0.121. The molecule has 2 N–H and O–H groups in total. The van der Waals surface area contributed by atoms with Crippen LogP contribution in [-0.2, 0) is 17.9 Å². The van der Waals surface area contributed by atoms with Crippen molar-refractivity contribution >= 4 is 11.6 Å². The standard InChI is InChI=1S/C21H31N5O/c1-16(2)26-14-20(23-15-26)13-25-10-8-18(9-11-25)21(27)24-19-6-4-17(5-7-19)12-22-3/h4-7,14-16,18,22H,8-13H2,1-3H3,(H,24,27). The van der Waals surface area contributed by atoms with E-state index in [1.165, 1.54) is 5.56 Å². The van der Waals surface area contributed by atoms with Gasteiger partial charge in [0.1, 0.15) is 0 Å². The molecule has 6 heteroatoms. The van der Waals surface area contributed by atoms with Gasteiger partial charge in [0.05, 0.1) is 12.0 Å². The van der Waals surface area contributed by atoms with E-state index in [1.807, 2.05) is 37.6 Å². The molecule has 1 aliphatic rings. The SMILES string of the molecule is CNCc1ccc(NC(=O)C2CCN(Cc3cn(C(C)C)cn3)CC2)cc1. The molecule has 0 aliphatic carbocycles. The van der Waals surface area contributed by atoms with Gasteiger partial charge in [0, 0.05) is 36.9 Å². The van der Waals surface area contributed by atoms with Crippen LogP contribution in [0.25, 0.3) is 0 Å². The zero-order valence-electron chi connectivity index (χ0n) is 16.6. The molecule has 1 saturated heterocycles. The van der Waals surface area contributed by atoms with Crippen molar-refractivity contribution in [3.8, 4) is 0 Å². The third-order valence-electron chi connectivity index (χ3n) is 5.20. The lowest BCUT2D eigenvalue weighted by Crippen LogP contribution is -2.37. The molecule has 146 valence electrons. The molecule has 1 aromatic heterocycles. The summed E-state index contributed by atoms with van der Waals surface area (Å²) in [5, 5.41) is 6.19. The number of carbonyl (C=O) groups is 1. The highest BCUT2D eigenvalue weighted by atomic mass is 16.1. The van der Waals surface area contributed by atoms with E-state index >= 15 is 0 Å². The molecule has 1 fully saturated rings. The minimum Gasteiger partial charge on any atom is -0.335 e. The van der Waals surface area contributed by atoms with Crippen molar-refractivity contribution in [3.63, 3.8) is 0 Å². The number of hydrogen-bond acceptors (Lipinski definition) is 4. The van der Waals surface area contributed by atoms with Crippen LogP contribution in [0.4, 0.5) is 5.69 Å². The van der Waals surface area contributed by atoms with Crippen LogP contribution in [0.1, 0.15) is 44.0 Å². The van der Waals surface area contributed by atoms with Gasteiger partial charge in [-0.1, -0.05) is 12.1 Å². The Hall–Kier alpha value is -2.18. The van der Waals surface area contributed by atoms with E-state index < -0.39 is 0 Å². The number of anilines is 1. The molecular weight excluding hydrogens is 338 g/mol. The molecule has 6 nitrogen and oxygen atoms in total. The summed E-state index contributed by atoms with van der Waals surface area (Å²) in [6.45, 7) is 7.89. The number of imidazole rings is 1. The molecule has 2 heterocycles. The Labute approximate surface area is 162 Å². The van der Waals surface area contributed by atoms with E-state index in [0.717, 1.165) is 50.4 Å². The Kier molecular flexibility index (Phi) is 6.63. The highest BCUT2D eigenvalue weighted by Crippen LogP contribution is 2.21. The summed E-state index contributed by atoms with van der Waals surface area (Å²) < 4.78 is 2.14. The Balaban J connectivity index is 1.45. The van der Waals surface area contributed by atoms with Crippen molar-refractivity contribution < 1.29 is 4.79 Å². The van der Waals surface area contributed by atoms with Crippen molar-refractivity contribution in [2.45, 2.75) is 45.8 Å². The number of rotatable bonds is 7. The fourth-order valence-electron chi connectivity index (χ4n) is 3.48. The fourth-order valence-corrected chi connectivity index (χ4v) is 3.48. The maximum Gasteiger partial charge on any atom is 0.227 e. The minimum atomic E-state index is 0.0893. The molecule has 1 amide bonds. The summed E-state index contributed by atoms with van der Waals surface area (Å²) in [5.74, 6) is 0.228. The van der Waals surface area contributed by atoms with Crippen molar-refractivity contribution in [1.29, 1.82) is 0 Å². The van der Waals surface area contributed by atoms with Crippen LogP contribution < -0.4 is 10.6 Å². The summed E-state index contributed by atoms with van der Waals surface area (Å²) in [6.07, 6.45) is 5.83. The third-order valence-corrected chi connectivity index (χ3v) is 5.20. The van der Waals surface area contributed by atoms with Gasteiger partial charge in [-0.15, -0.1) is 0 Å². The van der Waals surface area contributed by atoms with Gasteiger partial charge in [0.2, 0.25) is 5.91 Å². The first kappa shape index (κ1) is 19.6. The van der Waals surface area contributed by atoms with Gasteiger partial charge in [-0.2, -0.15) is 0 Å². The van der Waals surface area contributed by atoms with Crippen LogP contribution >= 0.6 is 0 Å². The lowest BCUT2D eigenvalue weighted by atomic mass is 9.95. The van der Waals surface area contributed by atoms with Crippen LogP contribution in [0.2, 0.25) is 0 Å². The predicted octanol–water partition coefficient (Wildman–Crippen LogP) is 3.03. The van der Waals surface area contributed by atoms with Crippen LogP contribution in [0, 0.1) is 5.92 Å². The average molecular weight is 370 g/mol. The number of amides is 1. The zero-order valence-corrected chi connectivity index (χ0v) is 16.6.